The second-order valence-electron chi connectivity index (χ2n) is 22.8. The van der Waals surface area contributed by atoms with Crippen molar-refractivity contribution < 1.29 is 35.9 Å². The van der Waals surface area contributed by atoms with Crippen molar-refractivity contribution in [2.24, 2.45) is 23.7 Å². The smallest absolute Gasteiger partial charge is 0.281 e. The van der Waals surface area contributed by atoms with E-state index in [0.29, 0.717) is 62.8 Å². The molecule has 2 amide bonds. The maximum atomic E-state index is 14.2. The fourth-order valence-corrected chi connectivity index (χ4v) is 13.8. The Balaban J connectivity index is 1.04. The molecule has 0 aliphatic carbocycles. The number of ether oxygens (including phenoxy) is 2. The van der Waals surface area contributed by atoms with Gasteiger partial charge in [-0.25, -0.2) is 29.4 Å². The molecule has 0 saturated carbocycles. The number of carbonyl (C=O) groups is 2. The molecule has 0 spiro atoms. The van der Waals surface area contributed by atoms with Crippen LogP contribution in [0.5, 0.6) is 0 Å². The number of nitrogens with two attached hydrogens (primary N) is 2. The Bertz CT molecular complexity index is 2920. The second-order valence-corrected chi connectivity index (χ2v) is 26.0. The molecular weight excluding hydrogens is 957 g/mol. The van der Waals surface area contributed by atoms with Crippen molar-refractivity contribution in [2.45, 2.75) is 145 Å². The van der Waals surface area contributed by atoms with Crippen LogP contribution in [0.2, 0.25) is 0 Å². The molecule has 4 saturated heterocycles. The van der Waals surface area contributed by atoms with Gasteiger partial charge in [-0.1, -0.05) is 46.8 Å². The molecule has 20 heteroatoms. The first-order valence-electron chi connectivity index (χ1n) is 25.1. The summed E-state index contributed by atoms with van der Waals surface area (Å²) < 4.78 is 70.6. The van der Waals surface area contributed by atoms with E-state index >= 15 is 0 Å². The topological polar surface area (TPSA) is 255 Å². The normalized spacial score (nSPS) is 23.0. The van der Waals surface area contributed by atoms with Crippen LogP contribution >= 0.6 is 0 Å². The van der Waals surface area contributed by atoms with E-state index in [1.807, 2.05) is 26.8 Å². The molecule has 18 nitrogen and oxygen atoms in total. The van der Waals surface area contributed by atoms with Crippen LogP contribution < -0.4 is 30.7 Å². The monoisotopic (exact) mass is 1030 g/mol. The number of carbonyl (C=O) groups excluding carboxylic acids is 2. The molecule has 0 radical (unpaired) electrons. The SMILES string of the molecule is CC(C)(C)c1ccc(C(=O)NS(=O)(=O)c2cccc(N)n2)c(N2CCC(C3CCOC(CC(C)(C)c4ccc(C(=O)NS(=O)(=O)c5cccc(N)n5)c(N5CCC(C6CCOCC6)C5(C)C)n4)C3)C2(C)C)n1. The summed E-state index contributed by atoms with van der Waals surface area (Å²) in [6, 6.07) is 15.4. The van der Waals surface area contributed by atoms with Crippen molar-refractivity contribution in [3.05, 3.63) is 83.2 Å². The Morgan fingerprint density at radius 1 is 0.639 bits per heavy atom. The summed E-state index contributed by atoms with van der Waals surface area (Å²) in [4.78, 5) is 50.9. The van der Waals surface area contributed by atoms with Crippen LogP contribution in [0.25, 0.3) is 0 Å². The predicted molar refractivity (Wildman–Crippen MR) is 276 cm³/mol. The van der Waals surface area contributed by atoms with Crippen LogP contribution in [0, 0.1) is 23.7 Å². The summed E-state index contributed by atoms with van der Waals surface area (Å²) >= 11 is 0. The van der Waals surface area contributed by atoms with Gasteiger partial charge in [0.1, 0.15) is 23.3 Å². The first kappa shape index (κ1) is 52.9. The Morgan fingerprint density at radius 3 is 1.58 bits per heavy atom. The van der Waals surface area contributed by atoms with Crippen LogP contribution in [0.3, 0.4) is 0 Å². The molecule has 4 aromatic heterocycles. The predicted octanol–water partition coefficient (Wildman–Crippen LogP) is 6.77. The van der Waals surface area contributed by atoms with E-state index in [1.54, 1.807) is 18.2 Å². The molecule has 8 rings (SSSR count). The number of nitrogens with zero attached hydrogens (tertiary/aromatic N) is 6. The fourth-order valence-electron chi connectivity index (χ4n) is 11.9. The third kappa shape index (κ3) is 10.8. The van der Waals surface area contributed by atoms with Gasteiger partial charge >= 0.3 is 0 Å². The summed E-state index contributed by atoms with van der Waals surface area (Å²) in [7, 11) is -8.73. The van der Waals surface area contributed by atoms with Gasteiger partial charge in [-0.15, -0.1) is 0 Å². The molecule has 8 heterocycles. The van der Waals surface area contributed by atoms with Gasteiger partial charge in [-0.2, -0.15) is 16.8 Å². The Morgan fingerprint density at radius 2 is 1.10 bits per heavy atom. The highest BCUT2D eigenvalue weighted by atomic mass is 32.2. The standard InChI is InChI=1S/C52H72N10O8S2/c1-49(2,3)39-18-16-35(47(63)59-71(65,66)43-14-10-12-41(53)57-43)45(55-39)61-26-21-38(52(61,8)9)33-24-29-70-34(30-33)31-50(4,5)40-19-17-36(48(64)60-72(67,68)44-15-11-13-42(54)58-44)46(56-40)62-25-20-37(51(62,6)7)32-22-27-69-28-23-32/h10-19,32-34,37-38H,20-31H2,1-9H3,(H2,53,57)(H2,54,58)(H,59,63)(H,60,64). The fraction of sp³-hybridized carbons (Fsp3) is 0.577. The minimum Gasteiger partial charge on any atom is -0.384 e. The van der Waals surface area contributed by atoms with Crippen LogP contribution in [-0.4, -0.2) is 98.7 Å². The van der Waals surface area contributed by atoms with E-state index in [1.165, 1.54) is 36.4 Å². The summed E-state index contributed by atoms with van der Waals surface area (Å²) in [5, 5.41) is -0.716. The highest BCUT2D eigenvalue weighted by Gasteiger charge is 2.50. The summed E-state index contributed by atoms with van der Waals surface area (Å²) in [5.74, 6) is 0.415. The number of sulfonamides is 2. The zero-order chi connectivity index (χ0) is 52.2. The van der Waals surface area contributed by atoms with Crippen molar-refractivity contribution in [3.63, 3.8) is 0 Å². The molecule has 4 fully saturated rings. The number of anilines is 4. The van der Waals surface area contributed by atoms with Gasteiger partial charge in [0.15, 0.2) is 10.1 Å². The summed E-state index contributed by atoms with van der Waals surface area (Å²) in [6.45, 7) is 22.3. The van der Waals surface area contributed by atoms with Crippen LogP contribution in [0.15, 0.2) is 70.7 Å². The number of amides is 2. The zero-order valence-corrected chi connectivity index (χ0v) is 44.7. The first-order valence-corrected chi connectivity index (χ1v) is 28.0. The molecule has 390 valence electrons. The molecule has 0 aromatic carbocycles. The molecular formula is C52H72N10O8S2. The van der Waals surface area contributed by atoms with Crippen molar-refractivity contribution in [1.29, 1.82) is 0 Å². The lowest BCUT2D eigenvalue weighted by Crippen LogP contribution is -2.48. The van der Waals surface area contributed by atoms with Crippen LogP contribution in [0.4, 0.5) is 23.3 Å². The van der Waals surface area contributed by atoms with Crippen molar-refractivity contribution >= 4 is 55.1 Å². The third-order valence-corrected chi connectivity index (χ3v) is 18.3. The molecule has 4 aliphatic rings. The van der Waals surface area contributed by atoms with E-state index in [2.05, 4.69) is 70.8 Å². The van der Waals surface area contributed by atoms with Gasteiger partial charge in [0.05, 0.1) is 17.2 Å². The van der Waals surface area contributed by atoms with E-state index in [0.717, 1.165) is 49.9 Å². The number of hydrogen-bond acceptors (Lipinski definition) is 16. The first-order chi connectivity index (χ1) is 33.7. The van der Waals surface area contributed by atoms with Crippen molar-refractivity contribution in [1.82, 2.24) is 29.4 Å². The molecule has 4 aromatic rings. The number of nitrogen functional groups attached to an aromatic ring is 2. The van der Waals surface area contributed by atoms with E-state index in [-0.39, 0.29) is 56.2 Å². The lowest BCUT2D eigenvalue weighted by Gasteiger charge is -2.44. The van der Waals surface area contributed by atoms with Gasteiger partial charge < -0.3 is 30.7 Å². The number of rotatable bonds is 13. The minimum absolute atomic E-state index is 0.0131. The zero-order valence-electron chi connectivity index (χ0n) is 43.1. The van der Waals surface area contributed by atoms with E-state index in [4.69, 9.17) is 30.9 Å². The van der Waals surface area contributed by atoms with Gasteiger partial charge in [-0.05, 0) is 145 Å². The average Bonchev–Trinajstić information content (AvgIpc) is 3.81. The Hall–Kier alpha value is -5.44. The Kier molecular flexibility index (Phi) is 14.5. The number of nitrogens with one attached hydrogen (secondary N) is 2. The molecule has 4 aliphatic heterocycles. The lowest BCUT2D eigenvalue weighted by molar-refractivity contribution is -0.0396. The van der Waals surface area contributed by atoms with Crippen LogP contribution in [-0.2, 0) is 40.4 Å². The lowest BCUT2D eigenvalue weighted by atomic mass is 9.72. The van der Waals surface area contributed by atoms with E-state index in [9.17, 15) is 26.4 Å². The molecule has 72 heavy (non-hydrogen) atoms. The molecule has 4 unspecified atom stereocenters. The Labute approximate surface area is 425 Å². The van der Waals surface area contributed by atoms with Gasteiger partial charge in [0.25, 0.3) is 31.9 Å². The van der Waals surface area contributed by atoms with Gasteiger partial charge in [0, 0.05) is 66.2 Å². The maximum Gasteiger partial charge on any atom is 0.281 e. The highest BCUT2D eigenvalue weighted by Crippen LogP contribution is 2.49. The average molecular weight is 1030 g/mol. The van der Waals surface area contributed by atoms with E-state index < -0.39 is 48.4 Å². The number of pyridine rings is 4. The van der Waals surface area contributed by atoms with Gasteiger partial charge in [0.2, 0.25) is 0 Å². The van der Waals surface area contributed by atoms with Crippen molar-refractivity contribution in [3.8, 4) is 0 Å². The molecule has 4 atom stereocenters. The largest absolute Gasteiger partial charge is 0.384 e. The molecule has 6 N–H and O–H groups in total. The number of aromatic nitrogens is 4. The maximum absolute atomic E-state index is 14.2. The van der Waals surface area contributed by atoms with Gasteiger partial charge in [-0.3, -0.25) is 9.59 Å². The number of hydrogen-bond donors (Lipinski definition) is 4. The quantitative estimate of drug-likeness (QED) is 0.108. The minimum atomic E-state index is -4.38. The highest BCUT2D eigenvalue weighted by molar-refractivity contribution is 7.90. The summed E-state index contributed by atoms with van der Waals surface area (Å²) in [5.41, 5.74) is 11.6. The van der Waals surface area contributed by atoms with Crippen LogP contribution in [0.1, 0.15) is 139 Å². The second kappa shape index (κ2) is 19.8. The molecule has 0 bridgehead atoms. The van der Waals surface area contributed by atoms with Crippen molar-refractivity contribution in [2.75, 3.05) is 54.2 Å². The summed E-state index contributed by atoms with van der Waals surface area (Å²) in [6.07, 6.45) is 5.72. The third-order valence-electron chi connectivity index (χ3n) is 15.8.